The number of rotatable bonds is 7. The van der Waals surface area contributed by atoms with Crippen molar-refractivity contribution in [3.8, 4) is 11.5 Å². The van der Waals surface area contributed by atoms with Gasteiger partial charge >= 0.3 is 5.97 Å². The van der Waals surface area contributed by atoms with Gasteiger partial charge in [0.1, 0.15) is 5.57 Å². The number of anilines is 1. The van der Waals surface area contributed by atoms with Crippen LogP contribution in [0.3, 0.4) is 0 Å². The summed E-state index contributed by atoms with van der Waals surface area (Å²) in [5.74, 6) is -0.781. The van der Waals surface area contributed by atoms with Gasteiger partial charge in [-0.15, -0.1) is 0 Å². The van der Waals surface area contributed by atoms with Crippen LogP contribution in [0.2, 0.25) is 0 Å². The van der Waals surface area contributed by atoms with Crippen molar-refractivity contribution in [1.82, 2.24) is 5.43 Å². The molecule has 0 aliphatic carbocycles. The van der Waals surface area contributed by atoms with Crippen molar-refractivity contribution < 1.29 is 28.6 Å². The van der Waals surface area contributed by atoms with Crippen LogP contribution in [0.4, 0.5) is 5.69 Å². The van der Waals surface area contributed by atoms with E-state index in [-0.39, 0.29) is 18.8 Å². The molecule has 1 aliphatic rings. The zero-order valence-electron chi connectivity index (χ0n) is 16.3. The molecule has 0 spiro atoms. The summed E-state index contributed by atoms with van der Waals surface area (Å²) in [6, 6.07) is 11.8. The summed E-state index contributed by atoms with van der Waals surface area (Å²) in [7, 11) is 1.45. The van der Waals surface area contributed by atoms with Gasteiger partial charge in [-0.3, -0.25) is 15.0 Å². The predicted octanol–water partition coefficient (Wildman–Crippen LogP) is 2.86. The van der Waals surface area contributed by atoms with E-state index >= 15 is 0 Å². The van der Waals surface area contributed by atoms with Crippen LogP contribution in [0.15, 0.2) is 52.5 Å². The molecular weight excluding hydrogens is 456 g/mol. The molecule has 0 atom stereocenters. The van der Waals surface area contributed by atoms with Gasteiger partial charge in [0, 0.05) is 4.47 Å². The molecule has 1 heterocycles. The highest BCUT2D eigenvalue weighted by Gasteiger charge is 2.34. The number of hydrogen-bond donors (Lipinski definition) is 1. The second kappa shape index (κ2) is 9.45. The average Bonchev–Trinajstić information content (AvgIpc) is 3.01. The highest BCUT2D eigenvalue weighted by Crippen LogP contribution is 2.30. The zero-order valence-corrected chi connectivity index (χ0v) is 17.9. The third-order valence-electron chi connectivity index (χ3n) is 4.13. The summed E-state index contributed by atoms with van der Waals surface area (Å²) in [5.41, 5.74) is 3.64. The van der Waals surface area contributed by atoms with Gasteiger partial charge in [0.2, 0.25) is 0 Å². The Morgan fingerprint density at radius 2 is 1.87 bits per heavy atom. The molecule has 1 N–H and O–H groups in total. The standard InChI is InChI=1S/C21H19BrN2O6/c1-3-29-19(25)12-30-17-9-4-13(11-18(17)28-2)10-16-20(26)23-24(21(16)27)15-7-5-14(22)6-8-15/h4-11H,3,12H2,1-2H3,(H,23,26). The van der Waals surface area contributed by atoms with Crippen LogP contribution in [0.25, 0.3) is 6.08 Å². The number of methoxy groups -OCH3 is 1. The summed E-state index contributed by atoms with van der Waals surface area (Å²) in [4.78, 5) is 36.5. The summed E-state index contributed by atoms with van der Waals surface area (Å²) in [6.45, 7) is 1.71. The Hall–Kier alpha value is -3.33. The van der Waals surface area contributed by atoms with E-state index in [1.165, 1.54) is 18.2 Å². The van der Waals surface area contributed by atoms with Crippen molar-refractivity contribution in [2.45, 2.75) is 6.92 Å². The Labute approximate surface area is 181 Å². The van der Waals surface area contributed by atoms with Crippen LogP contribution >= 0.6 is 15.9 Å². The van der Waals surface area contributed by atoms with E-state index in [0.29, 0.717) is 22.7 Å². The van der Waals surface area contributed by atoms with E-state index in [1.807, 2.05) is 0 Å². The van der Waals surface area contributed by atoms with Gasteiger partial charge in [-0.2, -0.15) is 0 Å². The third kappa shape index (κ3) is 4.80. The number of carbonyl (C=O) groups excluding carboxylic acids is 3. The molecule has 1 aliphatic heterocycles. The molecule has 9 heteroatoms. The lowest BCUT2D eigenvalue weighted by Gasteiger charge is -2.14. The molecule has 0 saturated carbocycles. The topological polar surface area (TPSA) is 94.2 Å². The highest BCUT2D eigenvalue weighted by molar-refractivity contribution is 9.10. The minimum Gasteiger partial charge on any atom is -0.493 e. The van der Waals surface area contributed by atoms with Gasteiger partial charge in [0.05, 0.1) is 19.4 Å². The fraction of sp³-hybridized carbons (Fsp3) is 0.190. The predicted molar refractivity (Wildman–Crippen MR) is 113 cm³/mol. The van der Waals surface area contributed by atoms with E-state index in [4.69, 9.17) is 14.2 Å². The van der Waals surface area contributed by atoms with Crippen LogP contribution in [-0.2, 0) is 19.1 Å². The quantitative estimate of drug-likeness (QED) is 0.376. The maximum Gasteiger partial charge on any atom is 0.344 e. The van der Waals surface area contributed by atoms with Gasteiger partial charge in [0.15, 0.2) is 18.1 Å². The van der Waals surface area contributed by atoms with Crippen LogP contribution in [-0.4, -0.2) is 38.1 Å². The molecule has 0 radical (unpaired) electrons. The fourth-order valence-electron chi connectivity index (χ4n) is 2.73. The normalized spacial score (nSPS) is 14.6. The molecule has 3 rings (SSSR count). The number of nitrogens with one attached hydrogen (secondary N) is 1. The minimum atomic E-state index is -0.510. The molecule has 0 unspecified atom stereocenters. The summed E-state index contributed by atoms with van der Waals surface area (Å²) >= 11 is 3.33. The number of esters is 1. The maximum atomic E-state index is 12.7. The number of ether oxygens (including phenoxy) is 3. The first kappa shape index (κ1) is 21.4. The van der Waals surface area contributed by atoms with Crippen LogP contribution in [0, 0.1) is 0 Å². The molecule has 2 amide bonds. The second-order valence-electron chi connectivity index (χ2n) is 6.12. The number of benzene rings is 2. The lowest BCUT2D eigenvalue weighted by Crippen LogP contribution is -2.35. The van der Waals surface area contributed by atoms with Gasteiger partial charge in [-0.1, -0.05) is 22.0 Å². The molecular formula is C21H19BrN2O6. The lowest BCUT2D eigenvalue weighted by molar-refractivity contribution is -0.145. The minimum absolute atomic E-state index is 0.0137. The van der Waals surface area contributed by atoms with Crippen molar-refractivity contribution in [3.05, 3.63) is 58.1 Å². The first-order valence-corrected chi connectivity index (χ1v) is 9.81. The first-order valence-electron chi connectivity index (χ1n) is 9.02. The van der Waals surface area contributed by atoms with E-state index in [1.54, 1.807) is 49.4 Å². The van der Waals surface area contributed by atoms with Crippen molar-refractivity contribution in [2.75, 3.05) is 25.3 Å². The molecule has 30 heavy (non-hydrogen) atoms. The fourth-order valence-corrected chi connectivity index (χ4v) is 2.99. The Kier molecular flexibility index (Phi) is 6.73. The van der Waals surface area contributed by atoms with Crippen molar-refractivity contribution in [2.24, 2.45) is 0 Å². The second-order valence-corrected chi connectivity index (χ2v) is 7.04. The summed E-state index contributed by atoms with van der Waals surface area (Å²) in [5, 5.41) is 1.19. The molecule has 2 aromatic rings. The van der Waals surface area contributed by atoms with E-state index < -0.39 is 17.8 Å². The molecule has 0 aromatic heterocycles. The van der Waals surface area contributed by atoms with Gasteiger partial charge in [-0.25, -0.2) is 9.80 Å². The number of hydrazine groups is 1. The van der Waals surface area contributed by atoms with Gasteiger partial charge in [0.25, 0.3) is 11.8 Å². The van der Waals surface area contributed by atoms with E-state index in [9.17, 15) is 14.4 Å². The summed E-state index contributed by atoms with van der Waals surface area (Å²) < 4.78 is 16.4. The SMILES string of the molecule is CCOC(=O)COc1ccc(C=C2C(=O)NN(c3ccc(Br)cc3)C2=O)cc1OC. The van der Waals surface area contributed by atoms with Crippen molar-refractivity contribution in [1.29, 1.82) is 0 Å². The molecule has 1 fully saturated rings. The molecule has 2 aromatic carbocycles. The van der Waals surface area contributed by atoms with Crippen LogP contribution < -0.4 is 19.9 Å². The number of nitrogens with zero attached hydrogens (tertiary/aromatic N) is 1. The number of carbonyl (C=O) groups is 3. The molecule has 0 bridgehead atoms. The molecule has 1 saturated heterocycles. The van der Waals surface area contributed by atoms with Crippen molar-refractivity contribution >= 4 is 45.5 Å². The molecule has 8 nitrogen and oxygen atoms in total. The smallest absolute Gasteiger partial charge is 0.344 e. The zero-order chi connectivity index (χ0) is 21.7. The Morgan fingerprint density at radius 1 is 1.13 bits per heavy atom. The number of amides is 2. The lowest BCUT2D eigenvalue weighted by atomic mass is 10.1. The number of halogens is 1. The van der Waals surface area contributed by atoms with Crippen LogP contribution in [0.5, 0.6) is 11.5 Å². The van der Waals surface area contributed by atoms with Gasteiger partial charge < -0.3 is 14.2 Å². The maximum absolute atomic E-state index is 12.7. The Balaban J connectivity index is 1.80. The average molecular weight is 475 g/mol. The third-order valence-corrected chi connectivity index (χ3v) is 4.65. The number of hydrogen-bond acceptors (Lipinski definition) is 6. The van der Waals surface area contributed by atoms with E-state index in [0.717, 1.165) is 4.47 Å². The Morgan fingerprint density at radius 3 is 2.53 bits per heavy atom. The largest absolute Gasteiger partial charge is 0.493 e. The summed E-state index contributed by atoms with van der Waals surface area (Å²) in [6.07, 6.45) is 1.47. The van der Waals surface area contributed by atoms with Crippen LogP contribution in [0.1, 0.15) is 12.5 Å². The monoisotopic (exact) mass is 474 g/mol. The highest BCUT2D eigenvalue weighted by atomic mass is 79.9. The van der Waals surface area contributed by atoms with E-state index in [2.05, 4.69) is 21.4 Å². The Bertz CT molecular complexity index is 1000. The molecule has 156 valence electrons. The first-order chi connectivity index (χ1) is 14.4. The van der Waals surface area contributed by atoms with Crippen molar-refractivity contribution in [3.63, 3.8) is 0 Å². The van der Waals surface area contributed by atoms with Gasteiger partial charge in [-0.05, 0) is 55.0 Å².